The SMILES string of the molecule is CCc1cc(Br)ccc1NCc1csc(C(=O)O)n1. The molecule has 1 aromatic heterocycles. The van der Waals surface area contributed by atoms with Gasteiger partial charge in [-0.15, -0.1) is 11.3 Å². The fourth-order valence-electron chi connectivity index (χ4n) is 1.70. The van der Waals surface area contributed by atoms with Gasteiger partial charge in [-0.25, -0.2) is 9.78 Å². The van der Waals surface area contributed by atoms with Crippen LogP contribution in [-0.4, -0.2) is 16.1 Å². The molecule has 0 spiro atoms. The number of aromatic carboxylic acids is 1. The summed E-state index contributed by atoms with van der Waals surface area (Å²) >= 11 is 4.60. The Bertz CT molecular complexity index is 598. The maximum Gasteiger partial charge on any atom is 0.365 e. The van der Waals surface area contributed by atoms with E-state index in [4.69, 9.17) is 5.11 Å². The van der Waals surface area contributed by atoms with E-state index in [1.165, 1.54) is 5.56 Å². The molecule has 0 unspecified atom stereocenters. The molecule has 4 nitrogen and oxygen atoms in total. The summed E-state index contributed by atoms with van der Waals surface area (Å²) in [7, 11) is 0. The number of nitrogens with zero attached hydrogens (tertiary/aromatic N) is 1. The highest BCUT2D eigenvalue weighted by Gasteiger charge is 2.09. The Labute approximate surface area is 123 Å². The van der Waals surface area contributed by atoms with Gasteiger partial charge in [0.25, 0.3) is 0 Å². The third-order valence-electron chi connectivity index (χ3n) is 2.64. The minimum atomic E-state index is -0.978. The van der Waals surface area contributed by atoms with Crippen molar-refractivity contribution in [2.45, 2.75) is 19.9 Å². The summed E-state index contributed by atoms with van der Waals surface area (Å²) < 4.78 is 1.05. The predicted molar refractivity (Wildman–Crippen MR) is 79.9 cm³/mol. The van der Waals surface area contributed by atoms with Crippen molar-refractivity contribution in [3.8, 4) is 0 Å². The molecule has 0 bridgehead atoms. The molecule has 0 fully saturated rings. The highest BCUT2D eigenvalue weighted by atomic mass is 79.9. The Hall–Kier alpha value is -1.40. The topological polar surface area (TPSA) is 62.2 Å². The summed E-state index contributed by atoms with van der Waals surface area (Å²) in [4.78, 5) is 14.8. The fourth-order valence-corrected chi connectivity index (χ4v) is 2.76. The first-order valence-electron chi connectivity index (χ1n) is 5.80. The zero-order valence-electron chi connectivity index (χ0n) is 10.3. The van der Waals surface area contributed by atoms with E-state index in [2.05, 4.69) is 39.2 Å². The molecule has 6 heteroatoms. The number of halogens is 1. The Balaban J connectivity index is 2.07. The first kappa shape index (κ1) is 14.0. The molecule has 0 amide bonds. The van der Waals surface area contributed by atoms with Crippen molar-refractivity contribution in [3.63, 3.8) is 0 Å². The number of anilines is 1. The van der Waals surface area contributed by atoms with Crippen molar-refractivity contribution in [2.75, 3.05) is 5.32 Å². The third kappa shape index (κ3) is 3.54. The number of aryl methyl sites for hydroxylation is 1. The maximum absolute atomic E-state index is 10.7. The molecule has 0 saturated heterocycles. The summed E-state index contributed by atoms with van der Waals surface area (Å²) in [5.74, 6) is -0.978. The largest absolute Gasteiger partial charge is 0.476 e. The Morgan fingerprint density at radius 2 is 2.32 bits per heavy atom. The molecule has 0 radical (unpaired) electrons. The molecular formula is C13H13BrN2O2S. The van der Waals surface area contributed by atoms with Gasteiger partial charge in [-0.1, -0.05) is 22.9 Å². The quantitative estimate of drug-likeness (QED) is 0.869. The van der Waals surface area contributed by atoms with Gasteiger partial charge in [0.05, 0.1) is 12.2 Å². The minimum Gasteiger partial charge on any atom is -0.476 e. The predicted octanol–water partition coefficient (Wildman–Crippen LogP) is 3.78. The Morgan fingerprint density at radius 1 is 1.53 bits per heavy atom. The van der Waals surface area contributed by atoms with Gasteiger partial charge in [0, 0.05) is 15.5 Å². The van der Waals surface area contributed by atoms with Crippen LogP contribution < -0.4 is 5.32 Å². The van der Waals surface area contributed by atoms with Gasteiger partial charge in [0.1, 0.15) is 0 Å². The molecule has 19 heavy (non-hydrogen) atoms. The molecule has 0 aliphatic heterocycles. The molecule has 1 heterocycles. The molecular weight excluding hydrogens is 328 g/mol. The lowest BCUT2D eigenvalue weighted by molar-refractivity contribution is 0.0696. The van der Waals surface area contributed by atoms with E-state index in [0.717, 1.165) is 33.6 Å². The third-order valence-corrected chi connectivity index (χ3v) is 4.02. The van der Waals surface area contributed by atoms with E-state index in [9.17, 15) is 4.79 Å². The molecule has 2 rings (SSSR count). The van der Waals surface area contributed by atoms with E-state index >= 15 is 0 Å². The Morgan fingerprint density at radius 3 is 2.95 bits per heavy atom. The van der Waals surface area contributed by atoms with Gasteiger partial charge in [-0.2, -0.15) is 0 Å². The van der Waals surface area contributed by atoms with Crippen LogP contribution in [0.15, 0.2) is 28.1 Å². The van der Waals surface area contributed by atoms with Crippen LogP contribution in [0.5, 0.6) is 0 Å². The van der Waals surface area contributed by atoms with Gasteiger partial charge in [-0.05, 0) is 30.2 Å². The number of carboxylic acids is 1. The van der Waals surface area contributed by atoms with E-state index in [-0.39, 0.29) is 5.01 Å². The second-order valence-electron chi connectivity index (χ2n) is 3.96. The molecule has 2 aromatic rings. The van der Waals surface area contributed by atoms with Crippen LogP contribution in [0.3, 0.4) is 0 Å². The molecule has 100 valence electrons. The molecule has 0 atom stereocenters. The van der Waals surface area contributed by atoms with Crippen LogP contribution in [0.25, 0.3) is 0 Å². The first-order valence-corrected chi connectivity index (χ1v) is 7.47. The van der Waals surface area contributed by atoms with Crippen LogP contribution in [0.4, 0.5) is 5.69 Å². The van der Waals surface area contributed by atoms with Crippen molar-refractivity contribution in [2.24, 2.45) is 0 Å². The van der Waals surface area contributed by atoms with Gasteiger partial charge < -0.3 is 10.4 Å². The second-order valence-corrected chi connectivity index (χ2v) is 5.73. The zero-order chi connectivity index (χ0) is 13.8. The average Bonchev–Trinajstić information content (AvgIpc) is 2.86. The van der Waals surface area contributed by atoms with Crippen molar-refractivity contribution in [1.29, 1.82) is 0 Å². The minimum absolute atomic E-state index is 0.128. The standard InChI is InChI=1S/C13H13BrN2O2S/c1-2-8-5-9(14)3-4-11(8)15-6-10-7-19-12(16-10)13(17)18/h3-5,7,15H,2,6H2,1H3,(H,17,18). The Kier molecular flexibility index (Phi) is 4.55. The average molecular weight is 341 g/mol. The molecule has 1 aromatic carbocycles. The summed E-state index contributed by atoms with van der Waals surface area (Å²) in [6.45, 7) is 2.62. The number of carbonyl (C=O) groups is 1. The van der Waals surface area contributed by atoms with E-state index in [1.807, 2.05) is 12.1 Å². The molecule has 0 aliphatic carbocycles. The van der Waals surface area contributed by atoms with Crippen molar-refractivity contribution in [3.05, 3.63) is 44.3 Å². The van der Waals surface area contributed by atoms with Crippen LogP contribution in [0, 0.1) is 0 Å². The lowest BCUT2D eigenvalue weighted by Gasteiger charge is -2.10. The van der Waals surface area contributed by atoms with Crippen molar-refractivity contribution in [1.82, 2.24) is 4.98 Å². The van der Waals surface area contributed by atoms with Crippen molar-refractivity contribution >= 4 is 38.9 Å². The molecule has 2 N–H and O–H groups in total. The number of hydrogen-bond donors (Lipinski definition) is 2. The van der Waals surface area contributed by atoms with Crippen molar-refractivity contribution < 1.29 is 9.90 Å². The smallest absolute Gasteiger partial charge is 0.365 e. The summed E-state index contributed by atoms with van der Waals surface area (Å²) in [5.41, 5.74) is 3.01. The molecule has 0 saturated carbocycles. The van der Waals surface area contributed by atoms with Crippen LogP contribution in [-0.2, 0) is 13.0 Å². The van der Waals surface area contributed by atoms with Crippen LogP contribution in [0.2, 0.25) is 0 Å². The number of benzene rings is 1. The maximum atomic E-state index is 10.7. The van der Waals surface area contributed by atoms with Crippen LogP contribution >= 0.6 is 27.3 Å². The number of hydrogen-bond acceptors (Lipinski definition) is 4. The fraction of sp³-hybridized carbons (Fsp3) is 0.231. The number of rotatable bonds is 5. The lowest BCUT2D eigenvalue weighted by Crippen LogP contribution is -2.03. The number of nitrogens with one attached hydrogen (secondary N) is 1. The van der Waals surface area contributed by atoms with Gasteiger partial charge in [0.2, 0.25) is 5.01 Å². The summed E-state index contributed by atoms with van der Waals surface area (Å²) in [6.07, 6.45) is 0.930. The summed E-state index contributed by atoms with van der Waals surface area (Å²) in [5, 5.41) is 14.0. The highest BCUT2D eigenvalue weighted by molar-refractivity contribution is 9.10. The van der Waals surface area contributed by atoms with E-state index < -0.39 is 5.97 Å². The van der Waals surface area contributed by atoms with Gasteiger partial charge in [0.15, 0.2) is 0 Å². The summed E-state index contributed by atoms with van der Waals surface area (Å²) in [6, 6.07) is 6.06. The van der Waals surface area contributed by atoms with E-state index in [1.54, 1.807) is 5.38 Å². The van der Waals surface area contributed by atoms with Gasteiger partial charge >= 0.3 is 5.97 Å². The second kappa shape index (κ2) is 6.16. The number of carboxylic acid groups (broad SMARTS) is 1. The van der Waals surface area contributed by atoms with Gasteiger partial charge in [-0.3, -0.25) is 0 Å². The lowest BCUT2D eigenvalue weighted by atomic mass is 10.1. The van der Waals surface area contributed by atoms with E-state index in [0.29, 0.717) is 6.54 Å². The number of aromatic nitrogens is 1. The molecule has 0 aliphatic rings. The highest BCUT2D eigenvalue weighted by Crippen LogP contribution is 2.22. The number of thiazole rings is 1. The van der Waals surface area contributed by atoms with Crippen LogP contribution in [0.1, 0.15) is 28.0 Å². The zero-order valence-corrected chi connectivity index (χ0v) is 12.7. The normalized spacial score (nSPS) is 10.4. The monoisotopic (exact) mass is 340 g/mol. The first-order chi connectivity index (χ1) is 9.10.